The zero-order chi connectivity index (χ0) is 12.9. The number of aromatic nitrogens is 2. The maximum atomic E-state index is 11.9. The summed E-state index contributed by atoms with van der Waals surface area (Å²) in [5.74, 6) is 0. The maximum absolute atomic E-state index is 11.9. The monoisotopic (exact) mass is 282 g/mol. The Morgan fingerprint density at radius 3 is 3.00 bits per heavy atom. The summed E-state index contributed by atoms with van der Waals surface area (Å²) in [6, 6.07) is 0. The molecule has 1 aliphatic heterocycles. The molecule has 1 aliphatic rings. The fraction of sp³-hybridized carbons (Fsp3) is 0.500. The van der Waals surface area contributed by atoms with Crippen molar-refractivity contribution in [1.29, 1.82) is 0 Å². The summed E-state index contributed by atoms with van der Waals surface area (Å²) in [5.41, 5.74) is 1.73. The highest BCUT2D eigenvalue weighted by Gasteiger charge is 2.32. The van der Waals surface area contributed by atoms with Crippen molar-refractivity contribution in [3.05, 3.63) is 25.6 Å². The molecule has 0 saturated heterocycles. The number of fused-ring (bicyclic) bond motifs is 3. The largest absolute Gasteiger partial charge is 0.370 e. The van der Waals surface area contributed by atoms with Crippen molar-refractivity contribution in [1.82, 2.24) is 9.97 Å². The van der Waals surface area contributed by atoms with Gasteiger partial charge in [0.15, 0.2) is 4.77 Å². The quantitative estimate of drug-likeness (QED) is 0.791. The van der Waals surface area contributed by atoms with Crippen LogP contribution in [0.1, 0.15) is 30.7 Å². The number of ether oxygens (including phenoxy) is 1. The van der Waals surface area contributed by atoms with Gasteiger partial charge in [0.05, 0.1) is 17.7 Å². The predicted octanol–water partition coefficient (Wildman–Crippen LogP) is 2.89. The Hall–Kier alpha value is -0.980. The van der Waals surface area contributed by atoms with Crippen LogP contribution in [-0.4, -0.2) is 15.6 Å². The molecule has 0 fully saturated rings. The van der Waals surface area contributed by atoms with E-state index in [2.05, 4.69) is 23.8 Å². The topological polar surface area (TPSA) is 57.9 Å². The number of hydrogen-bond donors (Lipinski definition) is 2. The molecule has 3 rings (SSSR count). The first-order chi connectivity index (χ1) is 8.52. The number of hydrogen-bond acceptors (Lipinski definition) is 4. The van der Waals surface area contributed by atoms with Crippen molar-refractivity contribution in [2.45, 2.75) is 38.9 Å². The van der Waals surface area contributed by atoms with Gasteiger partial charge in [-0.1, -0.05) is 6.92 Å². The molecule has 96 valence electrons. The van der Waals surface area contributed by atoms with Crippen LogP contribution in [0.15, 0.2) is 4.79 Å². The van der Waals surface area contributed by atoms with E-state index in [4.69, 9.17) is 17.0 Å². The van der Waals surface area contributed by atoms with Crippen molar-refractivity contribution in [3.63, 3.8) is 0 Å². The van der Waals surface area contributed by atoms with Gasteiger partial charge in [0.25, 0.3) is 5.56 Å². The van der Waals surface area contributed by atoms with E-state index in [1.165, 1.54) is 4.88 Å². The van der Waals surface area contributed by atoms with Crippen molar-refractivity contribution in [2.75, 3.05) is 0 Å². The molecule has 0 spiro atoms. The molecule has 0 radical (unpaired) electrons. The zero-order valence-electron chi connectivity index (χ0n) is 10.3. The second kappa shape index (κ2) is 4.01. The third-order valence-corrected chi connectivity index (χ3v) is 5.04. The van der Waals surface area contributed by atoms with Gasteiger partial charge >= 0.3 is 0 Å². The summed E-state index contributed by atoms with van der Waals surface area (Å²) < 4.78 is 7.02. The smallest absolute Gasteiger partial charge is 0.269 e. The van der Waals surface area contributed by atoms with Crippen LogP contribution >= 0.6 is 23.6 Å². The second-order valence-corrected chi connectivity index (χ2v) is 6.40. The highest BCUT2D eigenvalue weighted by Crippen LogP contribution is 2.37. The Morgan fingerprint density at radius 1 is 1.50 bits per heavy atom. The van der Waals surface area contributed by atoms with Crippen molar-refractivity contribution >= 4 is 33.8 Å². The van der Waals surface area contributed by atoms with Crippen LogP contribution in [0.2, 0.25) is 0 Å². The molecule has 2 N–H and O–H groups in total. The van der Waals surface area contributed by atoms with Gasteiger partial charge in [-0.25, -0.2) is 0 Å². The van der Waals surface area contributed by atoms with Gasteiger partial charge in [-0.3, -0.25) is 9.78 Å². The van der Waals surface area contributed by atoms with Gasteiger partial charge in [0, 0.05) is 16.9 Å². The van der Waals surface area contributed by atoms with Crippen LogP contribution < -0.4 is 5.56 Å². The van der Waals surface area contributed by atoms with E-state index in [9.17, 15) is 4.79 Å². The minimum absolute atomic E-state index is 0.105. The van der Waals surface area contributed by atoms with Gasteiger partial charge in [-0.2, -0.15) is 0 Å². The van der Waals surface area contributed by atoms with Gasteiger partial charge in [-0.05, 0) is 25.6 Å². The Morgan fingerprint density at radius 2 is 2.28 bits per heavy atom. The van der Waals surface area contributed by atoms with Gasteiger partial charge in [-0.15, -0.1) is 11.3 Å². The molecule has 0 aliphatic carbocycles. The van der Waals surface area contributed by atoms with E-state index in [1.807, 2.05) is 0 Å². The molecule has 18 heavy (non-hydrogen) atoms. The van der Waals surface area contributed by atoms with Crippen molar-refractivity contribution in [2.24, 2.45) is 0 Å². The molecule has 2 aromatic heterocycles. The molecule has 4 nitrogen and oxygen atoms in total. The fourth-order valence-corrected chi connectivity index (χ4v) is 3.79. The summed E-state index contributed by atoms with van der Waals surface area (Å²) in [5, 5.41) is 0. The number of aromatic amines is 2. The molecule has 6 heteroatoms. The standard InChI is InChI=1S/C12H14N2O2S2/c1-3-12(2)4-7-6(5-16-12)8-9(18-7)10(15)14-11(17)13-8/h3-5H2,1-2H3,(H2,13,14,15,17)/t12-/m0/s1. The molecule has 0 unspecified atom stereocenters. The zero-order valence-corrected chi connectivity index (χ0v) is 11.9. The van der Waals surface area contributed by atoms with Crippen LogP contribution in [-0.2, 0) is 17.8 Å². The lowest BCUT2D eigenvalue weighted by molar-refractivity contribution is -0.0546. The average molecular weight is 282 g/mol. The molecule has 1 atom stereocenters. The van der Waals surface area contributed by atoms with E-state index in [0.29, 0.717) is 11.4 Å². The average Bonchev–Trinajstić information content (AvgIpc) is 2.67. The SMILES string of the molecule is CC[C@@]1(C)Cc2sc3c(=O)[nH]c(=S)[nH]c3c2CO1. The lowest BCUT2D eigenvalue weighted by atomic mass is 9.93. The molecular weight excluding hydrogens is 268 g/mol. The van der Waals surface area contributed by atoms with Crippen LogP contribution in [0.5, 0.6) is 0 Å². The molecule has 3 heterocycles. The van der Waals surface area contributed by atoms with E-state index in [1.54, 1.807) is 11.3 Å². The summed E-state index contributed by atoms with van der Waals surface area (Å²) in [7, 11) is 0. The van der Waals surface area contributed by atoms with Gasteiger partial charge in [0.2, 0.25) is 0 Å². The number of thiophene rings is 1. The lowest BCUT2D eigenvalue weighted by Gasteiger charge is -2.32. The first-order valence-electron chi connectivity index (χ1n) is 5.93. The Balaban J connectivity index is 2.25. The van der Waals surface area contributed by atoms with Crippen LogP contribution in [0.25, 0.3) is 10.2 Å². The van der Waals surface area contributed by atoms with E-state index >= 15 is 0 Å². The third-order valence-electron chi connectivity index (χ3n) is 3.61. The summed E-state index contributed by atoms with van der Waals surface area (Å²) in [6.07, 6.45) is 1.82. The first-order valence-corrected chi connectivity index (χ1v) is 7.16. The van der Waals surface area contributed by atoms with E-state index < -0.39 is 0 Å². The van der Waals surface area contributed by atoms with Crippen molar-refractivity contribution in [3.8, 4) is 0 Å². The number of nitrogens with one attached hydrogen (secondary N) is 2. The highest BCUT2D eigenvalue weighted by atomic mass is 32.1. The Labute approximate surface area is 113 Å². The molecule has 0 bridgehead atoms. The highest BCUT2D eigenvalue weighted by molar-refractivity contribution is 7.71. The molecule has 0 aromatic carbocycles. The first kappa shape index (κ1) is 12.1. The number of rotatable bonds is 1. The predicted molar refractivity (Wildman–Crippen MR) is 74.8 cm³/mol. The van der Waals surface area contributed by atoms with E-state index in [0.717, 1.165) is 28.6 Å². The Kier molecular flexibility index (Phi) is 2.69. The van der Waals surface area contributed by atoms with E-state index in [-0.39, 0.29) is 11.2 Å². The van der Waals surface area contributed by atoms with Crippen molar-refractivity contribution < 1.29 is 4.74 Å². The van der Waals surface area contributed by atoms with Gasteiger partial charge < -0.3 is 9.72 Å². The third kappa shape index (κ3) is 1.75. The normalized spacial score (nSPS) is 23.2. The van der Waals surface area contributed by atoms with Crippen LogP contribution in [0.4, 0.5) is 0 Å². The fourth-order valence-electron chi connectivity index (χ4n) is 2.27. The molecule has 0 saturated carbocycles. The number of H-pyrrole nitrogens is 2. The van der Waals surface area contributed by atoms with Crippen LogP contribution in [0, 0.1) is 4.77 Å². The lowest BCUT2D eigenvalue weighted by Crippen LogP contribution is -2.33. The summed E-state index contributed by atoms with van der Waals surface area (Å²) in [6.45, 7) is 4.79. The summed E-state index contributed by atoms with van der Waals surface area (Å²) in [4.78, 5) is 18.8. The molecule has 0 amide bonds. The Bertz CT molecular complexity index is 728. The molecule has 2 aromatic rings. The van der Waals surface area contributed by atoms with Gasteiger partial charge in [0.1, 0.15) is 4.70 Å². The van der Waals surface area contributed by atoms with Crippen LogP contribution in [0.3, 0.4) is 0 Å². The minimum Gasteiger partial charge on any atom is -0.370 e. The maximum Gasteiger partial charge on any atom is 0.269 e. The minimum atomic E-state index is -0.114. The molecular formula is C12H14N2O2S2. The second-order valence-electron chi connectivity index (χ2n) is 4.89. The summed E-state index contributed by atoms with van der Waals surface area (Å²) >= 11 is 6.57.